The zero-order valence-corrected chi connectivity index (χ0v) is 20.6. The highest BCUT2D eigenvalue weighted by atomic mass is 32.2. The van der Waals surface area contributed by atoms with E-state index >= 15 is 0 Å². The molecule has 32 heavy (non-hydrogen) atoms. The van der Waals surface area contributed by atoms with E-state index < -0.39 is 15.6 Å². The van der Waals surface area contributed by atoms with Gasteiger partial charge in [0.1, 0.15) is 23.6 Å². The van der Waals surface area contributed by atoms with Crippen molar-refractivity contribution in [1.29, 1.82) is 0 Å². The predicted octanol–water partition coefficient (Wildman–Crippen LogP) is 3.81. The van der Waals surface area contributed by atoms with Gasteiger partial charge in [0.2, 0.25) is 15.9 Å². The quantitative estimate of drug-likeness (QED) is 0.709. The van der Waals surface area contributed by atoms with E-state index in [-0.39, 0.29) is 18.5 Å². The molecule has 1 aliphatic rings. The number of carbonyl (C=O) groups excluding carboxylic acids is 1. The van der Waals surface area contributed by atoms with Gasteiger partial charge in [0.05, 0.1) is 25.1 Å². The van der Waals surface area contributed by atoms with Gasteiger partial charge in [-0.2, -0.15) is 0 Å². The molecule has 2 aromatic carbocycles. The van der Waals surface area contributed by atoms with E-state index in [1.165, 1.54) is 4.31 Å². The lowest BCUT2D eigenvalue weighted by atomic mass is 9.89. The van der Waals surface area contributed by atoms with Gasteiger partial charge in [0.15, 0.2) is 0 Å². The average Bonchev–Trinajstić information content (AvgIpc) is 2.64. The molecular weight excluding hydrogens is 428 g/mol. The minimum atomic E-state index is -3.67. The fourth-order valence-electron chi connectivity index (χ4n) is 4.39. The molecule has 0 fully saturated rings. The van der Waals surface area contributed by atoms with Gasteiger partial charge in [-0.3, -0.25) is 9.10 Å². The van der Waals surface area contributed by atoms with Crippen LogP contribution in [0.4, 0.5) is 5.69 Å². The third kappa shape index (κ3) is 5.18. The number of hydrogen-bond donors (Lipinski definition) is 1. The summed E-state index contributed by atoms with van der Waals surface area (Å²) in [5, 5.41) is 3.02. The second-order valence-corrected chi connectivity index (χ2v) is 11.0. The molecule has 3 rings (SSSR count). The predicted molar refractivity (Wildman–Crippen MR) is 126 cm³/mol. The fourth-order valence-corrected chi connectivity index (χ4v) is 5.36. The van der Waals surface area contributed by atoms with Crippen LogP contribution < -0.4 is 19.1 Å². The molecule has 8 heteroatoms. The van der Waals surface area contributed by atoms with Crippen LogP contribution >= 0.6 is 0 Å². The first-order valence-electron chi connectivity index (χ1n) is 10.5. The van der Waals surface area contributed by atoms with Crippen molar-refractivity contribution in [2.75, 3.05) is 24.2 Å². The first-order chi connectivity index (χ1) is 14.8. The van der Waals surface area contributed by atoms with Crippen molar-refractivity contribution >= 4 is 21.6 Å². The number of nitrogens with one attached hydrogen (secondary N) is 1. The number of anilines is 1. The van der Waals surface area contributed by atoms with Gasteiger partial charge >= 0.3 is 0 Å². The monoisotopic (exact) mass is 460 g/mol. The van der Waals surface area contributed by atoms with Crippen molar-refractivity contribution < 1.29 is 22.7 Å². The Balaban J connectivity index is 1.90. The smallest absolute Gasteiger partial charge is 0.241 e. The Morgan fingerprint density at radius 1 is 1.19 bits per heavy atom. The van der Waals surface area contributed by atoms with Crippen molar-refractivity contribution in [2.24, 2.45) is 0 Å². The van der Waals surface area contributed by atoms with Crippen molar-refractivity contribution in [1.82, 2.24) is 5.32 Å². The molecule has 0 saturated heterocycles. The van der Waals surface area contributed by atoms with Crippen LogP contribution in [0.1, 0.15) is 48.6 Å². The van der Waals surface area contributed by atoms with Gasteiger partial charge in [-0.25, -0.2) is 8.42 Å². The van der Waals surface area contributed by atoms with Crippen LogP contribution in [0.2, 0.25) is 0 Å². The molecule has 1 unspecified atom stereocenters. The fraction of sp³-hybridized carbons (Fsp3) is 0.458. The van der Waals surface area contributed by atoms with Gasteiger partial charge in [-0.05, 0) is 57.9 Å². The highest BCUT2D eigenvalue weighted by Crippen LogP contribution is 2.41. The van der Waals surface area contributed by atoms with E-state index in [0.29, 0.717) is 23.6 Å². The van der Waals surface area contributed by atoms with Gasteiger partial charge in [0, 0.05) is 18.1 Å². The highest BCUT2D eigenvalue weighted by Gasteiger charge is 2.35. The lowest BCUT2D eigenvalue weighted by molar-refractivity contribution is -0.120. The van der Waals surface area contributed by atoms with E-state index in [2.05, 4.69) is 5.32 Å². The molecule has 1 heterocycles. The summed E-state index contributed by atoms with van der Waals surface area (Å²) in [4.78, 5) is 13.1. The number of amides is 1. The molecule has 2 aromatic rings. The van der Waals surface area contributed by atoms with Crippen LogP contribution in [0.3, 0.4) is 0 Å². The molecule has 0 spiro atoms. The standard InChI is InChI=1S/C24H32N2O5S/c1-15-10-16(2)23(17(3)11-15)26(32(7,28)29)14-22(27)25-20-13-24(4,5)31-21-12-18(30-6)8-9-19(20)21/h8-12,20H,13-14H2,1-7H3,(H,25,27). The maximum Gasteiger partial charge on any atom is 0.241 e. The van der Waals surface area contributed by atoms with Crippen molar-refractivity contribution in [3.63, 3.8) is 0 Å². The Morgan fingerprint density at radius 3 is 2.38 bits per heavy atom. The molecule has 0 aliphatic carbocycles. The molecule has 0 bridgehead atoms. The zero-order chi connectivity index (χ0) is 23.8. The van der Waals surface area contributed by atoms with Crippen molar-refractivity contribution in [2.45, 2.75) is 52.7 Å². The molecule has 0 saturated carbocycles. The van der Waals surface area contributed by atoms with Gasteiger partial charge in [-0.1, -0.05) is 17.7 Å². The Morgan fingerprint density at radius 2 is 1.81 bits per heavy atom. The first kappa shape index (κ1) is 23.9. The number of aryl methyl sites for hydroxylation is 3. The molecule has 1 atom stereocenters. The minimum absolute atomic E-state index is 0.299. The molecule has 174 valence electrons. The second kappa shape index (κ2) is 8.65. The number of sulfonamides is 1. The maximum atomic E-state index is 13.1. The van der Waals surface area contributed by atoms with E-state index in [9.17, 15) is 13.2 Å². The van der Waals surface area contributed by atoms with Crippen LogP contribution in [0.5, 0.6) is 11.5 Å². The van der Waals surface area contributed by atoms with Gasteiger partial charge < -0.3 is 14.8 Å². The normalized spacial score (nSPS) is 17.2. The lowest BCUT2D eigenvalue weighted by Gasteiger charge is -2.38. The molecule has 1 N–H and O–H groups in total. The van der Waals surface area contributed by atoms with E-state index in [1.54, 1.807) is 13.2 Å². The summed E-state index contributed by atoms with van der Waals surface area (Å²) < 4.78 is 37.8. The van der Waals surface area contributed by atoms with Gasteiger partial charge in [0.25, 0.3) is 0 Å². The van der Waals surface area contributed by atoms with E-state index in [1.807, 2.05) is 58.9 Å². The van der Waals surface area contributed by atoms with Crippen LogP contribution in [0.15, 0.2) is 30.3 Å². The molecule has 0 radical (unpaired) electrons. The summed E-state index contributed by atoms with van der Waals surface area (Å²) in [5.74, 6) is 0.940. The Kier molecular flexibility index (Phi) is 6.47. The Bertz CT molecular complexity index is 1120. The molecule has 1 aliphatic heterocycles. The highest BCUT2D eigenvalue weighted by molar-refractivity contribution is 7.92. The number of carbonyl (C=O) groups is 1. The lowest BCUT2D eigenvalue weighted by Crippen LogP contribution is -2.45. The number of hydrogen-bond acceptors (Lipinski definition) is 5. The van der Waals surface area contributed by atoms with Crippen molar-refractivity contribution in [3.8, 4) is 11.5 Å². The van der Waals surface area contributed by atoms with E-state index in [0.717, 1.165) is 28.5 Å². The third-order valence-electron chi connectivity index (χ3n) is 5.59. The second-order valence-electron chi connectivity index (χ2n) is 9.11. The number of fused-ring (bicyclic) bond motifs is 1. The molecule has 1 amide bonds. The van der Waals surface area contributed by atoms with E-state index in [4.69, 9.17) is 9.47 Å². The number of benzene rings is 2. The van der Waals surface area contributed by atoms with Crippen LogP contribution in [0, 0.1) is 20.8 Å². The molecular formula is C24H32N2O5S. The summed E-state index contributed by atoms with van der Waals surface area (Å²) >= 11 is 0. The summed E-state index contributed by atoms with van der Waals surface area (Å²) in [6.07, 6.45) is 1.68. The topological polar surface area (TPSA) is 84.9 Å². The number of methoxy groups -OCH3 is 1. The summed E-state index contributed by atoms with van der Waals surface area (Å²) in [7, 11) is -2.09. The van der Waals surface area contributed by atoms with Crippen LogP contribution in [0.25, 0.3) is 0 Å². The molecule has 7 nitrogen and oxygen atoms in total. The number of nitrogens with zero attached hydrogens (tertiary/aromatic N) is 1. The Labute approximate surface area is 190 Å². The zero-order valence-electron chi connectivity index (χ0n) is 19.8. The van der Waals surface area contributed by atoms with Crippen LogP contribution in [-0.2, 0) is 14.8 Å². The summed E-state index contributed by atoms with van der Waals surface area (Å²) in [6, 6.07) is 9.02. The summed E-state index contributed by atoms with van der Waals surface area (Å²) in [5.41, 5.74) is 3.55. The van der Waals surface area contributed by atoms with Crippen molar-refractivity contribution in [3.05, 3.63) is 52.6 Å². The Hall–Kier alpha value is -2.74. The maximum absolute atomic E-state index is 13.1. The number of rotatable bonds is 6. The first-order valence-corrected chi connectivity index (χ1v) is 12.4. The summed E-state index contributed by atoms with van der Waals surface area (Å²) in [6.45, 7) is 9.28. The molecule has 0 aromatic heterocycles. The largest absolute Gasteiger partial charge is 0.497 e. The van der Waals surface area contributed by atoms with Gasteiger partial charge in [-0.15, -0.1) is 0 Å². The third-order valence-corrected chi connectivity index (χ3v) is 6.70. The SMILES string of the molecule is COc1ccc2c(c1)OC(C)(C)CC2NC(=O)CN(c1c(C)cc(C)cc1C)S(C)(=O)=O. The minimum Gasteiger partial charge on any atom is -0.497 e. The number of ether oxygens (including phenoxy) is 2. The average molecular weight is 461 g/mol. The van der Waals surface area contributed by atoms with Crippen LogP contribution in [-0.4, -0.2) is 39.8 Å².